The zero-order valence-electron chi connectivity index (χ0n) is 12.3. The number of carbonyl (C=O) groups is 2. The summed E-state index contributed by atoms with van der Waals surface area (Å²) >= 11 is 5.78. The number of hydrogen-bond acceptors (Lipinski definition) is 3. The van der Waals surface area contributed by atoms with Crippen molar-refractivity contribution in [3.8, 4) is 5.75 Å². The first kappa shape index (κ1) is 16.8. The molecule has 6 heteroatoms. The fourth-order valence-electron chi connectivity index (χ4n) is 1.93. The maximum Gasteiger partial charge on any atom is 0.337 e. The Labute approximate surface area is 138 Å². The molecule has 0 atom stereocenters. The van der Waals surface area contributed by atoms with Crippen molar-refractivity contribution in [1.82, 2.24) is 0 Å². The van der Waals surface area contributed by atoms with Gasteiger partial charge in [-0.2, -0.15) is 0 Å². The van der Waals surface area contributed by atoms with Crippen LogP contribution in [0.4, 0.5) is 5.69 Å². The smallest absolute Gasteiger partial charge is 0.337 e. The van der Waals surface area contributed by atoms with E-state index < -0.39 is 5.97 Å². The number of anilines is 1. The van der Waals surface area contributed by atoms with E-state index in [1.165, 1.54) is 12.1 Å². The lowest BCUT2D eigenvalue weighted by Crippen LogP contribution is -2.13. The van der Waals surface area contributed by atoms with Crippen LogP contribution in [-0.4, -0.2) is 23.6 Å². The summed E-state index contributed by atoms with van der Waals surface area (Å²) in [5, 5.41) is 11.8. The Bertz CT molecular complexity index is 688. The zero-order chi connectivity index (χ0) is 16.7. The van der Waals surface area contributed by atoms with Gasteiger partial charge in [0.2, 0.25) is 5.91 Å². The summed E-state index contributed by atoms with van der Waals surface area (Å²) in [6.07, 6.45) is 0.831. The van der Waals surface area contributed by atoms with Gasteiger partial charge in [0.25, 0.3) is 0 Å². The molecule has 120 valence electrons. The fourth-order valence-corrected chi connectivity index (χ4v) is 2.13. The molecule has 0 bridgehead atoms. The van der Waals surface area contributed by atoms with E-state index >= 15 is 0 Å². The Morgan fingerprint density at radius 1 is 1.13 bits per heavy atom. The van der Waals surface area contributed by atoms with Crippen LogP contribution in [0.2, 0.25) is 5.02 Å². The van der Waals surface area contributed by atoms with Gasteiger partial charge in [-0.05, 0) is 36.8 Å². The predicted octanol–water partition coefficient (Wildman–Crippen LogP) is 3.84. The van der Waals surface area contributed by atoms with Crippen molar-refractivity contribution < 1.29 is 19.4 Å². The van der Waals surface area contributed by atoms with Gasteiger partial charge in [0.1, 0.15) is 5.75 Å². The van der Waals surface area contributed by atoms with Crippen molar-refractivity contribution >= 4 is 29.2 Å². The van der Waals surface area contributed by atoms with Gasteiger partial charge in [0.15, 0.2) is 0 Å². The van der Waals surface area contributed by atoms with Crippen LogP contribution in [0.25, 0.3) is 0 Å². The van der Waals surface area contributed by atoms with Crippen molar-refractivity contribution in [2.24, 2.45) is 0 Å². The van der Waals surface area contributed by atoms with Gasteiger partial charge in [-0.1, -0.05) is 29.8 Å². The molecule has 0 radical (unpaired) electrons. The maximum absolute atomic E-state index is 11.8. The second kappa shape index (κ2) is 8.19. The lowest BCUT2D eigenvalue weighted by molar-refractivity contribution is -0.116. The van der Waals surface area contributed by atoms with Crippen molar-refractivity contribution in [3.63, 3.8) is 0 Å². The Kier molecular flexibility index (Phi) is 6.00. The first-order valence-corrected chi connectivity index (χ1v) is 7.44. The average molecular weight is 334 g/mol. The number of aromatic carboxylic acids is 1. The second-order valence-electron chi connectivity index (χ2n) is 4.81. The maximum atomic E-state index is 11.8. The molecule has 0 saturated carbocycles. The van der Waals surface area contributed by atoms with Crippen LogP contribution in [0.3, 0.4) is 0 Å². The number of ether oxygens (including phenoxy) is 1. The standard InChI is InChI=1S/C17H16ClNO4/c18-15-9-8-12(11-14(15)17(21)22)19-16(20)7-4-10-23-13-5-2-1-3-6-13/h1-3,5-6,8-9,11H,4,7,10H2,(H,19,20)(H,21,22). The highest BCUT2D eigenvalue weighted by atomic mass is 35.5. The molecular formula is C17H16ClNO4. The third-order valence-electron chi connectivity index (χ3n) is 3.04. The van der Waals surface area contributed by atoms with Gasteiger partial charge in [-0.25, -0.2) is 4.79 Å². The predicted molar refractivity (Wildman–Crippen MR) is 88.2 cm³/mol. The van der Waals surface area contributed by atoms with Gasteiger partial charge < -0.3 is 15.2 Å². The number of hydrogen-bond donors (Lipinski definition) is 2. The minimum Gasteiger partial charge on any atom is -0.494 e. The highest BCUT2D eigenvalue weighted by Gasteiger charge is 2.10. The summed E-state index contributed by atoms with van der Waals surface area (Å²) in [7, 11) is 0. The Morgan fingerprint density at radius 3 is 2.57 bits per heavy atom. The quantitative estimate of drug-likeness (QED) is 0.755. The Hall–Kier alpha value is -2.53. The number of halogens is 1. The normalized spacial score (nSPS) is 10.1. The fraction of sp³-hybridized carbons (Fsp3) is 0.176. The van der Waals surface area contributed by atoms with E-state index in [1.54, 1.807) is 6.07 Å². The number of amides is 1. The molecule has 2 aromatic rings. The van der Waals surface area contributed by atoms with Crippen LogP contribution < -0.4 is 10.1 Å². The number of carboxylic acid groups (broad SMARTS) is 1. The SMILES string of the molecule is O=C(CCCOc1ccccc1)Nc1ccc(Cl)c(C(=O)O)c1. The molecule has 0 spiro atoms. The average Bonchev–Trinajstić information content (AvgIpc) is 2.54. The van der Waals surface area contributed by atoms with Crippen LogP contribution in [0.15, 0.2) is 48.5 Å². The third kappa shape index (κ3) is 5.30. The number of carbonyl (C=O) groups excluding carboxylic acids is 1. The second-order valence-corrected chi connectivity index (χ2v) is 5.22. The monoisotopic (exact) mass is 333 g/mol. The van der Waals surface area contributed by atoms with Crippen molar-refractivity contribution in [3.05, 3.63) is 59.1 Å². The summed E-state index contributed by atoms with van der Waals surface area (Å²) < 4.78 is 5.50. The molecule has 2 N–H and O–H groups in total. The number of rotatable bonds is 7. The van der Waals surface area contributed by atoms with Crippen LogP contribution >= 0.6 is 11.6 Å². The van der Waals surface area contributed by atoms with E-state index in [0.717, 1.165) is 5.75 Å². The van der Waals surface area contributed by atoms with E-state index in [-0.39, 0.29) is 22.9 Å². The minimum atomic E-state index is -1.14. The minimum absolute atomic E-state index is 0.0446. The summed E-state index contributed by atoms with van der Waals surface area (Å²) in [5.74, 6) is -0.584. The topological polar surface area (TPSA) is 75.6 Å². The molecule has 0 aliphatic rings. The van der Waals surface area contributed by atoms with Gasteiger partial charge in [-0.15, -0.1) is 0 Å². The van der Waals surface area contributed by atoms with Crippen LogP contribution in [0.1, 0.15) is 23.2 Å². The summed E-state index contributed by atoms with van der Waals surface area (Å²) in [6, 6.07) is 13.7. The molecule has 0 saturated heterocycles. The first-order valence-electron chi connectivity index (χ1n) is 7.07. The highest BCUT2D eigenvalue weighted by molar-refractivity contribution is 6.33. The summed E-state index contributed by atoms with van der Waals surface area (Å²) in [4.78, 5) is 22.8. The van der Waals surface area contributed by atoms with Crippen molar-refractivity contribution in [1.29, 1.82) is 0 Å². The first-order chi connectivity index (χ1) is 11.1. The van der Waals surface area contributed by atoms with Gasteiger partial charge in [0, 0.05) is 12.1 Å². The molecule has 2 aromatic carbocycles. The Morgan fingerprint density at radius 2 is 1.87 bits per heavy atom. The van der Waals surface area contributed by atoms with Gasteiger partial charge in [0.05, 0.1) is 17.2 Å². The number of carboxylic acids is 1. The third-order valence-corrected chi connectivity index (χ3v) is 3.37. The molecule has 0 aliphatic heterocycles. The zero-order valence-corrected chi connectivity index (χ0v) is 13.0. The summed E-state index contributed by atoms with van der Waals surface area (Å²) in [5.41, 5.74) is 0.359. The van der Waals surface area contributed by atoms with Gasteiger partial charge >= 0.3 is 5.97 Å². The van der Waals surface area contributed by atoms with Crippen molar-refractivity contribution in [2.75, 3.05) is 11.9 Å². The molecule has 0 fully saturated rings. The van der Waals surface area contributed by atoms with E-state index in [4.69, 9.17) is 21.4 Å². The van der Waals surface area contributed by atoms with Crippen LogP contribution in [-0.2, 0) is 4.79 Å². The highest BCUT2D eigenvalue weighted by Crippen LogP contribution is 2.20. The largest absolute Gasteiger partial charge is 0.494 e. The van der Waals surface area contributed by atoms with Crippen molar-refractivity contribution in [2.45, 2.75) is 12.8 Å². The van der Waals surface area contributed by atoms with E-state index in [1.807, 2.05) is 30.3 Å². The van der Waals surface area contributed by atoms with Crippen LogP contribution in [0, 0.1) is 0 Å². The van der Waals surface area contributed by atoms with Gasteiger partial charge in [-0.3, -0.25) is 4.79 Å². The van der Waals surface area contributed by atoms with Crippen LogP contribution in [0.5, 0.6) is 5.75 Å². The summed E-state index contributed by atoms with van der Waals surface area (Å²) in [6.45, 7) is 0.429. The Balaban J connectivity index is 1.79. The number of nitrogens with one attached hydrogen (secondary N) is 1. The van der Waals surface area contributed by atoms with E-state index in [2.05, 4.69) is 5.32 Å². The molecule has 1 amide bonds. The number of benzene rings is 2. The lowest BCUT2D eigenvalue weighted by atomic mass is 10.2. The number of para-hydroxylation sites is 1. The lowest BCUT2D eigenvalue weighted by Gasteiger charge is -2.08. The van der Waals surface area contributed by atoms with E-state index in [0.29, 0.717) is 18.7 Å². The molecule has 0 heterocycles. The molecular weight excluding hydrogens is 318 g/mol. The van der Waals surface area contributed by atoms with E-state index in [9.17, 15) is 9.59 Å². The molecule has 0 aliphatic carbocycles. The molecule has 2 rings (SSSR count). The molecule has 23 heavy (non-hydrogen) atoms. The molecule has 0 unspecified atom stereocenters. The molecule has 5 nitrogen and oxygen atoms in total. The molecule has 0 aromatic heterocycles.